The second kappa shape index (κ2) is 7.81. The molecule has 1 aromatic rings. The van der Waals surface area contributed by atoms with Crippen LogP contribution in [0.1, 0.15) is 18.2 Å². The highest BCUT2D eigenvalue weighted by Crippen LogP contribution is 2.21. The summed E-state index contributed by atoms with van der Waals surface area (Å²) in [5, 5.41) is 12.7. The maximum absolute atomic E-state index is 11.1. The van der Waals surface area contributed by atoms with E-state index in [-0.39, 0.29) is 12.4 Å². The second-order valence-corrected chi connectivity index (χ2v) is 6.05. The molecule has 1 rings (SSSR count). The molecule has 0 radical (unpaired) electrons. The molecule has 17 heavy (non-hydrogen) atoms. The van der Waals surface area contributed by atoms with Crippen LogP contribution in [-0.2, 0) is 16.1 Å². The van der Waals surface area contributed by atoms with Crippen LogP contribution in [0.2, 0.25) is 0 Å². The lowest BCUT2D eigenvalue weighted by atomic mass is 10.2. The average Bonchev–Trinajstić information content (AvgIpc) is 2.64. The molecule has 0 aliphatic rings. The Morgan fingerprint density at radius 1 is 1.65 bits per heavy atom. The van der Waals surface area contributed by atoms with Gasteiger partial charge in [0.05, 0.1) is 22.9 Å². The molecule has 1 atom stereocenters. The van der Waals surface area contributed by atoms with Crippen molar-refractivity contribution >= 4 is 33.2 Å². The molecule has 0 aliphatic heterocycles. The predicted molar refractivity (Wildman–Crippen MR) is 71.0 cm³/mol. The van der Waals surface area contributed by atoms with Gasteiger partial charge in [-0.1, -0.05) is 0 Å². The SMILES string of the molecule is CCOC(=O)CC(O)CNCc1ccc(Br)s1. The number of rotatable bonds is 7. The van der Waals surface area contributed by atoms with Crippen LogP contribution in [0.5, 0.6) is 0 Å². The van der Waals surface area contributed by atoms with Crippen LogP contribution < -0.4 is 5.32 Å². The Labute approximate surface area is 113 Å². The lowest BCUT2D eigenvalue weighted by Gasteiger charge is -2.10. The molecule has 1 aromatic heterocycles. The number of nitrogens with one attached hydrogen (secondary N) is 1. The molecular formula is C11H16BrNO3S. The van der Waals surface area contributed by atoms with E-state index in [1.54, 1.807) is 18.3 Å². The third-order valence-corrected chi connectivity index (χ3v) is 3.64. The summed E-state index contributed by atoms with van der Waals surface area (Å²) in [6.45, 7) is 3.17. The standard InChI is InChI=1S/C11H16BrNO3S/c1-2-16-11(15)5-8(14)6-13-7-9-3-4-10(12)17-9/h3-4,8,13-14H,2,5-7H2,1H3. The van der Waals surface area contributed by atoms with Gasteiger partial charge >= 0.3 is 5.97 Å². The molecule has 0 spiro atoms. The van der Waals surface area contributed by atoms with Crippen molar-refractivity contribution in [3.8, 4) is 0 Å². The number of carbonyl (C=O) groups is 1. The molecule has 0 aliphatic carbocycles. The summed E-state index contributed by atoms with van der Waals surface area (Å²) in [5.41, 5.74) is 0. The highest BCUT2D eigenvalue weighted by Gasteiger charge is 2.11. The Bertz CT molecular complexity index is 356. The van der Waals surface area contributed by atoms with E-state index in [0.717, 1.165) is 3.79 Å². The van der Waals surface area contributed by atoms with E-state index < -0.39 is 6.10 Å². The van der Waals surface area contributed by atoms with Gasteiger partial charge in [0.1, 0.15) is 0 Å². The van der Waals surface area contributed by atoms with Gasteiger partial charge in [-0.3, -0.25) is 4.79 Å². The van der Waals surface area contributed by atoms with Crippen LogP contribution in [0.15, 0.2) is 15.9 Å². The van der Waals surface area contributed by atoms with E-state index >= 15 is 0 Å². The van der Waals surface area contributed by atoms with Crippen molar-refractivity contribution in [2.75, 3.05) is 13.2 Å². The summed E-state index contributed by atoms with van der Waals surface area (Å²) < 4.78 is 5.83. The van der Waals surface area contributed by atoms with Gasteiger partial charge in [0.25, 0.3) is 0 Å². The fourth-order valence-electron chi connectivity index (χ4n) is 1.29. The molecule has 4 nitrogen and oxygen atoms in total. The number of halogens is 1. The van der Waals surface area contributed by atoms with Crippen LogP contribution in [-0.4, -0.2) is 30.3 Å². The molecule has 0 fully saturated rings. The minimum Gasteiger partial charge on any atom is -0.466 e. The van der Waals surface area contributed by atoms with Crippen molar-refractivity contribution in [3.63, 3.8) is 0 Å². The Hall–Kier alpha value is -0.430. The third kappa shape index (κ3) is 6.16. The van der Waals surface area contributed by atoms with Gasteiger partial charge in [0.2, 0.25) is 0 Å². The first-order valence-corrected chi connectivity index (χ1v) is 7.01. The van der Waals surface area contributed by atoms with Crippen LogP contribution in [0.4, 0.5) is 0 Å². The third-order valence-electron chi connectivity index (χ3n) is 2.02. The number of aliphatic hydroxyl groups excluding tert-OH is 1. The molecule has 6 heteroatoms. The molecule has 0 saturated carbocycles. The fourth-order valence-corrected chi connectivity index (χ4v) is 2.75. The molecule has 2 N–H and O–H groups in total. The number of aliphatic hydroxyl groups is 1. The maximum Gasteiger partial charge on any atom is 0.308 e. The van der Waals surface area contributed by atoms with Gasteiger partial charge < -0.3 is 15.2 Å². The number of carbonyl (C=O) groups excluding carboxylic acids is 1. The Morgan fingerprint density at radius 3 is 3.00 bits per heavy atom. The van der Waals surface area contributed by atoms with Crippen LogP contribution in [0.3, 0.4) is 0 Å². The summed E-state index contributed by atoms with van der Waals surface area (Å²) in [6.07, 6.45) is -0.660. The van der Waals surface area contributed by atoms with Crippen molar-refractivity contribution in [2.24, 2.45) is 0 Å². The lowest BCUT2D eigenvalue weighted by Crippen LogP contribution is -2.28. The molecule has 0 amide bonds. The van der Waals surface area contributed by atoms with E-state index in [1.165, 1.54) is 4.88 Å². The van der Waals surface area contributed by atoms with Crippen molar-refractivity contribution in [1.29, 1.82) is 0 Å². The molecule has 0 bridgehead atoms. The minimum atomic E-state index is -0.697. The second-order valence-electron chi connectivity index (χ2n) is 3.50. The number of thiophene rings is 1. The summed E-state index contributed by atoms with van der Waals surface area (Å²) >= 11 is 5.03. The van der Waals surface area contributed by atoms with Gasteiger partial charge in [-0.15, -0.1) is 11.3 Å². The first kappa shape index (κ1) is 14.6. The van der Waals surface area contributed by atoms with E-state index in [0.29, 0.717) is 19.7 Å². The highest BCUT2D eigenvalue weighted by atomic mass is 79.9. The van der Waals surface area contributed by atoms with Gasteiger partial charge in [0.15, 0.2) is 0 Å². The summed E-state index contributed by atoms with van der Waals surface area (Å²) in [5.74, 6) is -0.360. The molecule has 0 saturated heterocycles. The van der Waals surface area contributed by atoms with Crippen molar-refractivity contribution in [3.05, 3.63) is 20.8 Å². The molecule has 1 unspecified atom stereocenters. The van der Waals surface area contributed by atoms with Crippen LogP contribution in [0, 0.1) is 0 Å². The van der Waals surface area contributed by atoms with Crippen molar-refractivity contribution < 1.29 is 14.6 Å². The fraction of sp³-hybridized carbons (Fsp3) is 0.545. The minimum absolute atomic E-state index is 0.0367. The summed E-state index contributed by atoms with van der Waals surface area (Å²) in [7, 11) is 0. The largest absolute Gasteiger partial charge is 0.466 e. The number of hydrogen-bond donors (Lipinski definition) is 2. The van der Waals surface area contributed by atoms with Crippen molar-refractivity contribution in [2.45, 2.75) is 26.0 Å². The smallest absolute Gasteiger partial charge is 0.308 e. The van der Waals surface area contributed by atoms with Crippen LogP contribution in [0.25, 0.3) is 0 Å². The summed E-state index contributed by atoms with van der Waals surface area (Å²) in [6, 6.07) is 4.00. The topological polar surface area (TPSA) is 58.6 Å². The van der Waals surface area contributed by atoms with Gasteiger partial charge in [0, 0.05) is 18.0 Å². The Morgan fingerprint density at radius 2 is 2.41 bits per heavy atom. The molecular weight excluding hydrogens is 306 g/mol. The average molecular weight is 322 g/mol. The number of hydrogen-bond acceptors (Lipinski definition) is 5. The van der Waals surface area contributed by atoms with Crippen molar-refractivity contribution in [1.82, 2.24) is 5.32 Å². The van der Waals surface area contributed by atoms with Crippen LogP contribution >= 0.6 is 27.3 Å². The van der Waals surface area contributed by atoms with Gasteiger partial charge in [-0.05, 0) is 35.0 Å². The number of esters is 1. The normalized spacial score (nSPS) is 12.4. The number of ether oxygens (including phenoxy) is 1. The molecule has 96 valence electrons. The van der Waals surface area contributed by atoms with E-state index in [4.69, 9.17) is 4.74 Å². The molecule has 0 aromatic carbocycles. The predicted octanol–water partition coefficient (Wildman–Crippen LogP) is 1.91. The van der Waals surface area contributed by atoms with E-state index in [9.17, 15) is 9.90 Å². The first-order valence-electron chi connectivity index (χ1n) is 5.40. The zero-order chi connectivity index (χ0) is 12.7. The lowest BCUT2D eigenvalue weighted by molar-refractivity contribution is -0.145. The van der Waals surface area contributed by atoms with Gasteiger partial charge in [-0.2, -0.15) is 0 Å². The Balaban J connectivity index is 2.15. The zero-order valence-electron chi connectivity index (χ0n) is 9.61. The highest BCUT2D eigenvalue weighted by molar-refractivity contribution is 9.11. The Kier molecular flexibility index (Phi) is 6.72. The summed E-state index contributed by atoms with van der Waals surface area (Å²) in [4.78, 5) is 12.3. The zero-order valence-corrected chi connectivity index (χ0v) is 12.0. The quantitative estimate of drug-likeness (QED) is 0.753. The first-order chi connectivity index (χ1) is 8.11. The molecule has 1 heterocycles. The van der Waals surface area contributed by atoms with E-state index in [1.807, 2.05) is 12.1 Å². The van der Waals surface area contributed by atoms with E-state index in [2.05, 4.69) is 21.2 Å². The monoisotopic (exact) mass is 321 g/mol. The maximum atomic E-state index is 11.1. The van der Waals surface area contributed by atoms with Gasteiger partial charge in [-0.25, -0.2) is 0 Å².